The topological polar surface area (TPSA) is 67.4 Å². The zero-order chi connectivity index (χ0) is 15.7. The van der Waals surface area contributed by atoms with E-state index in [2.05, 4.69) is 29.4 Å². The first-order chi connectivity index (χ1) is 10.2. The van der Waals surface area contributed by atoms with Crippen LogP contribution in [0.2, 0.25) is 0 Å². The Morgan fingerprint density at radius 3 is 2.48 bits per heavy atom. The quantitative estimate of drug-likeness (QED) is 0.756. The Balaban J connectivity index is 2.87. The SMILES string of the molecule is CCNc1ccc(C(=O)N(CCOC)C(CC)CC)nn1. The highest BCUT2D eigenvalue weighted by Crippen LogP contribution is 2.13. The molecule has 1 N–H and O–H groups in total. The first-order valence-corrected chi connectivity index (χ1v) is 7.55. The van der Waals surface area contributed by atoms with Crippen molar-refractivity contribution in [3.05, 3.63) is 17.8 Å². The number of nitrogens with one attached hydrogen (secondary N) is 1. The highest BCUT2D eigenvalue weighted by atomic mass is 16.5. The first kappa shape index (κ1) is 17.4. The van der Waals surface area contributed by atoms with Crippen molar-refractivity contribution in [1.29, 1.82) is 0 Å². The van der Waals surface area contributed by atoms with Gasteiger partial charge in [-0.05, 0) is 31.9 Å². The summed E-state index contributed by atoms with van der Waals surface area (Å²) in [5, 5.41) is 11.1. The van der Waals surface area contributed by atoms with Crippen molar-refractivity contribution in [3.8, 4) is 0 Å². The maximum atomic E-state index is 12.6. The number of hydrogen-bond donors (Lipinski definition) is 1. The molecule has 0 saturated carbocycles. The van der Waals surface area contributed by atoms with Gasteiger partial charge in [-0.15, -0.1) is 10.2 Å². The fraction of sp³-hybridized carbons (Fsp3) is 0.667. The Morgan fingerprint density at radius 1 is 1.29 bits per heavy atom. The number of methoxy groups -OCH3 is 1. The fourth-order valence-corrected chi connectivity index (χ4v) is 2.24. The number of carbonyl (C=O) groups excluding carboxylic acids is 1. The van der Waals surface area contributed by atoms with E-state index in [1.54, 1.807) is 19.2 Å². The monoisotopic (exact) mass is 294 g/mol. The molecule has 0 aliphatic carbocycles. The van der Waals surface area contributed by atoms with E-state index in [4.69, 9.17) is 4.74 Å². The zero-order valence-corrected chi connectivity index (χ0v) is 13.4. The molecule has 0 unspecified atom stereocenters. The van der Waals surface area contributed by atoms with Gasteiger partial charge in [0.15, 0.2) is 5.69 Å². The Kier molecular flexibility index (Phi) is 7.68. The molecule has 0 fully saturated rings. The van der Waals surface area contributed by atoms with Crippen LogP contribution in [0.25, 0.3) is 0 Å². The number of carbonyl (C=O) groups is 1. The molecule has 0 atom stereocenters. The van der Waals surface area contributed by atoms with Crippen LogP contribution in [0.1, 0.15) is 44.1 Å². The Hall–Kier alpha value is -1.69. The number of hydrogen-bond acceptors (Lipinski definition) is 5. The molecule has 0 aliphatic rings. The van der Waals surface area contributed by atoms with Crippen LogP contribution in [0.15, 0.2) is 12.1 Å². The van der Waals surface area contributed by atoms with Crippen molar-refractivity contribution in [2.24, 2.45) is 0 Å². The lowest BCUT2D eigenvalue weighted by atomic mass is 10.1. The minimum Gasteiger partial charge on any atom is -0.383 e. The molecule has 1 amide bonds. The van der Waals surface area contributed by atoms with E-state index in [0.717, 1.165) is 19.4 Å². The maximum Gasteiger partial charge on any atom is 0.274 e. The summed E-state index contributed by atoms with van der Waals surface area (Å²) in [6, 6.07) is 3.70. The third kappa shape index (κ3) is 4.97. The molecule has 21 heavy (non-hydrogen) atoms. The molecule has 0 radical (unpaired) electrons. The smallest absolute Gasteiger partial charge is 0.274 e. The standard InChI is InChI=1S/C15H26N4O2/c1-5-12(6-2)19(10-11-21-4)15(20)13-8-9-14(16-7-3)18-17-13/h8-9,12H,5-7,10-11H2,1-4H3,(H,16,18). The second-order valence-electron chi connectivity index (χ2n) is 4.80. The molecular formula is C15H26N4O2. The molecule has 6 heteroatoms. The van der Waals surface area contributed by atoms with Gasteiger partial charge < -0.3 is 15.0 Å². The van der Waals surface area contributed by atoms with Gasteiger partial charge in [-0.25, -0.2) is 0 Å². The molecular weight excluding hydrogens is 268 g/mol. The fourth-order valence-electron chi connectivity index (χ4n) is 2.24. The van der Waals surface area contributed by atoms with Crippen molar-refractivity contribution in [1.82, 2.24) is 15.1 Å². The normalized spacial score (nSPS) is 10.7. The van der Waals surface area contributed by atoms with Gasteiger partial charge in [0.2, 0.25) is 0 Å². The molecule has 118 valence electrons. The summed E-state index contributed by atoms with van der Waals surface area (Å²) >= 11 is 0. The number of aromatic nitrogens is 2. The van der Waals surface area contributed by atoms with Crippen LogP contribution in [0, 0.1) is 0 Å². The summed E-state index contributed by atoms with van der Waals surface area (Å²) < 4.78 is 5.11. The lowest BCUT2D eigenvalue weighted by Gasteiger charge is -2.30. The largest absolute Gasteiger partial charge is 0.383 e. The number of ether oxygens (including phenoxy) is 1. The van der Waals surface area contributed by atoms with E-state index in [1.807, 2.05) is 11.8 Å². The van der Waals surface area contributed by atoms with Crippen molar-refractivity contribution in [3.63, 3.8) is 0 Å². The maximum absolute atomic E-state index is 12.6. The third-order valence-corrected chi connectivity index (χ3v) is 3.42. The van der Waals surface area contributed by atoms with Crippen molar-refractivity contribution < 1.29 is 9.53 Å². The molecule has 6 nitrogen and oxygen atoms in total. The molecule has 1 rings (SSSR count). The molecule has 0 aliphatic heterocycles. The van der Waals surface area contributed by atoms with Crippen LogP contribution in [-0.4, -0.2) is 53.9 Å². The van der Waals surface area contributed by atoms with Gasteiger partial charge in [0.25, 0.3) is 5.91 Å². The van der Waals surface area contributed by atoms with Gasteiger partial charge >= 0.3 is 0 Å². The van der Waals surface area contributed by atoms with Crippen LogP contribution in [-0.2, 0) is 4.74 Å². The minimum absolute atomic E-state index is 0.0868. The predicted octanol–water partition coefficient (Wildman–Crippen LogP) is 2.19. The highest BCUT2D eigenvalue weighted by molar-refractivity contribution is 5.92. The molecule has 1 aromatic heterocycles. The van der Waals surface area contributed by atoms with E-state index in [1.165, 1.54) is 0 Å². The molecule has 1 aromatic rings. The van der Waals surface area contributed by atoms with Crippen molar-refractivity contribution in [2.45, 2.75) is 39.7 Å². The summed E-state index contributed by atoms with van der Waals surface area (Å²) in [5.41, 5.74) is 0.375. The van der Waals surface area contributed by atoms with Crippen LogP contribution < -0.4 is 5.32 Å². The lowest BCUT2D eigenvalue weighted by Crippen LogP contribution is -2.42. The van der Waals surface area contributed by atoms with Crippen molar-refractivity contribution in [2.75, 3.05) is 32.1 Å². The third-order valence-electron chi connectivity index (χ3n) is 3.42. The summed E-state index contributed by atoms with van der Waals surface area (Å²) in [4.78, 5) is 14.5. The van der Waals surface area contributed by atoms with E-state index >= 15 is 0 Å². The van der Waals surface area contributed by atoms with Crippen LogP contribution in [0.4, 0.5) is 5.82 Å². The number of amides is 1. The van der Waals surface area contributed by atoms with E-state index < -0.39 is 0 Å². The van der Waals surface area contributed by atoms with Gasteiger partial charge in [0, 0.05) is 26.2 Å². The Labute approximate surface area is 126 Å². The molecule has 0 bridgehead atoms. The average Bonchev–Trinajstić information content (AvgIpc) is 2.52. The van der Waals surface area contributed by atoms with Gasteiger partial charge in [-0.3, -0.25) is 4.79 Å². The first-order valence-electron chi connectivity index (χ1n) is 7.55. The van der Waals surface area contributed by atoms with Gasteiger partial charge in [-0.2, -0.15) is 0 Å². The van der Waals surface area contributed by atoms with Crippen LogP contribution in [0.5, 0.6) is 0 Å². The van der Waals surface area contributed by atoms with E-state index in [-0.39, 0.29) is 11.9 Å². The predicted molar refractivity (Wildman–Crippen MR) is 83.5 cm³/mol. The minimum atomic E-state index is -0.0868. The molecule has 0 saturated heterocycles. The zero-order valence-electron chi connectivity index (χ0n) is 13.4. The average molecular weight is 294 g/mol. The number of rotatable bonds is 9. The summed E-state index contributed by atoms with van der Waals surface area (Å²) in [7, 11) is 1.64. The van der Waals surface area contributed by atoms with E-state index in [0.29, 0.717) is 24.7 Å². The summed E-state index contributed by atoms with van der Waals surface area (Å²) in [6.07, 6.45) is 1.82. The van der Waals surface area contributed by atoms with Gasteiger partial charge in [-0.1, -0.05) is 13.8 Å². The highest BCUT2D eigenvalue weighted by Gasteiger charge is 2.23. The second-order valence-corrected chi connectivity index (χ2v) is 4.80. The summed E-state index contributed by atoms with van der Waals surface area (Å²) in [6.45, 7) is 8.02. The lowest BCUT2D eigenvalue weighted by molar-refractivity contribution is 0.0582. The molecule has 0 aromatic carbocycles. The summed E-state index contributed by atoms with van der Waals surface area (Å²) in [5.74, 6) is 0.594. The van der Waals surface area contributed by atoms with Crippen LogP contribution >= 0.6 is 0 Å². The molecule has 1 heterocycles. The number of nitrogens with zero attached hydrogens (tertiary/aromatic N) is 3. The Morgan fingerprint density at radius 2 is 2.00 bits per heavy atom. The molecule has 0 spiro atoms. The second kappa shape index (κ2) is 9.28. The number of anilines is 1. The van der Waals surface area contributed by atoms with Crippen molar-refractivity contribution >= 4 is 11.7 Å². The van der Waals surface area contributed by atoms with Crippen LogP contribution in [0.3, 0.4) is 0 Å². The Bertz CT molecular complexity index is 418. The van der Waals surface area contributed by atoms with E-state index in [9.17, 15) is 4.79 Å². The van der Waals surface area contributed by atoms with Gasteiger partial charge in [0.1, 0.15) is 5.82 Å². The van der Waals surface area contributed by atoms with Gasteiger partial charge in [0.05, 0.1) is 6.61 Å².